The van der Waals surface area contributed by atoms with E-state index in [9.17, 15) is 4.79 Å². The maximum atomic E-state index is 13.0. The predicted molar refractivity (Wildman–Crippen MR) is 116 cm³/mol. The zero-order chi connectivity index (χ0) is 19.8. The summed E-state index contributed by atoms with van der Waals surface area (Å²) in [6.07, 6.45) is 9.99. The molecule has 0 radical (unpaired) electrons. The monoisotopic (exact) mass is 395 g/mol. The summed E-state index contributed by atoms with van der Waals surface area (Å²) >= 11 is 0. The van der Waals surface area contributed by atoms with E-state index in [4.69, 9.17) is 0 Å². The van der Waals surface area contributed by atoms with Crippen molar-refractivity contribution in [1.82, 2.24) is 20.0 Å². The van der Waals surface area contributed by atoms with Crippen LogP contribution in [-0.4, -0.2) is 58.9 Å². The van der Waals surface area contributed by atoms with Gasteiger partial charge in [-0.2, -0.15) is 5.10 Å². The molecule has 6 heteroatoms. The summed E-state index contributed by atoms with van der Waals surface area (Å²) in [5.74, 6) is -0.0250. The third-order valence-corrected chi connectivity index (χ3v) is 6.95. The Morgan fingerprint density at radius 1 is 1.00 bits per heavy atom. The van der Waals surface area contributed by atoms with Crippen LogP contribution < -0.4 is 10.2 Å². The van der Waals surface area contributed by atoms with Crippen LogP contribution in [0.4, 0.5) is 5.69 Å². The van der Waals surface area contributed by atoms with Crippen molar-refractivity contribution in [1.29, 1.82) is 0 Å². The number of likely N-dealkylation sites (tertiary alicyclic amines) is 1. The molecule has 6 nitrogen and oxygen atoms in total. The van der Waals surface area contributed by atoms with Gasteiger partial charge >= 0.3 is 0 Å². The molecule has 0 unspecified atom stereocenters. The smallest absolute Gasteiger partial charge is 0.272 e. The van der Waals surface area contributed by atoms with Gasteiger partial charge in [0.25, 0.3) is 5.91 Å². The maximum Gasteiger partial charge on any atom is 0.272 e. The molecule has 2 aromatic rings. The van der Waals surface area contributed by atoms with Crippen molar-refractivity contribution in [2.45, 2.75) is 63.5 Å². The van der Waals surface area contributed by atoms with E-state index < -0.39 is 0 Å². The highest BCUT2D eigenvalue weighted by Crippen LogP contribution is 2.30. The summed E-state index contributed by atoms with van der Waals surface area (Å²) in [5.41, 5.74) is 2.86. The molecule has 5 rings (SSSR count). The number of hydrogen-bond donors (Lipinski definition) is 1. The maximum absolute atomic E-state index is 13.0. The van der Waals surface area contributed by atoms with Crippen molar-refractivity contribution in [2.75, 3.05) is 31.1 Å². The number of carbonyl (C=O) groups is 1. The second-order valence-electron chi connectivity index (χ2n) is 9.09. The number of hydrogen-bond acceptors (Lipinski definition) is 4. The van der Waals surface area contributed by atoms with Gasteiger partial charge in [-0.3, -0.25) is 9.48 Å². The number of nitrogens with zero attached hydrogens (tertiary/aromatic N) is 4. The molecule has 1 aliphatic carbocycles. The SMILES string of the molecule is Cn1nc(C(=O)NC2CCN(C3CC3)CC2)c2ccc(N3CCCCCC3)cc21. The first kappa shape index (κ1) is 18.9. The fraction of sp³-hybridized carbons (Fsp3) is 0.652. The summed E-state index contributed by atoms with van der Waals surface area (Å²) < 4.78 is 1.86. The second-order valence-corrected chi connectivity index (χ2v) is 9.09. The second kappa shape index (κ2) is 7.98. The zero-order valence-corrected chi connectivity index (χ0v) is 17.6. The van der Waals surface area contributed by atoms with E-state index in [1.165, 1.54) is 44.2 Å². The molecule has 0 atom stereocenters. The molecule has 0 spiro atoms. The van der Waals surface area contributed by atoms with Gasteiger partial charge in [0.05, 0.1) is 5.52 Å². The van der Waals surface area contributed by atoms with Gasteiger partial charge in [0, 0.05) is 56.4 Å². The summed E-state index contributed by atoms with van der Waals surface area (Å²) in [5, 5.41) is 8.80. The molecule has 1 aromatic heterocycles. The lowest BCUT2D eigenvalue weighted by atomic mass is 10.0. The molecule has 2 aliphatic heterocycles. The Morgan fingerprint density at radius 3 is 2.41 bits per heavy atom. The molecule has 0 bridgehead atoms. The quantitative estimate of drug-likeness (QED) is 0.863. The molecule has 1 saturated carbocycles. The topological polar surface area (TPSA) is 53.4 Å². The van der Waals surface area contributed by atoms with Gasteiger partial charge in [0.2, 0.25) is 0 Å². The van der Waals surface area contributed by atoms with Crippen LogP contribution in [0.3, 0.4) is 0 Å². The van der Waals surface area contributed by atoms with Crippen LogP contribution in [0.2, 0.25) is 0 Å². The minimum atomic E-state index is -0.0250. The number of rotatable bonds is 4. The molecular weight excluding hydrogens is 362 g/mol. The van der Waals surface area contributed by atoms with Gasteiger partial charge in [-0.15, -0.1) is 0 Å². The molecule has 1 N–H and O–H groups in total. The van der Waals surface area contributed by atoms with Crippen LogP contribution in [0, 0.1) is 0 Å². The highest BCUT2D eigenvalue weighted by Gasteiger charge is 2.32. The Labute approximate surface area is 173 Å². The van der Waals surface area contributed by atoms with E-state index >= 15 is 0 Å². The number of piperidine rings is 1. The molecule has 3 fully saturated rings. The average Bonchev–Trinajstić information content (AvgIpc) is 3.56. The van der Waals surface area contributed by atoms with E-state index in [2.05, 4.69) is 38.4 Å². The lowest BCUT2D eigenvalue weighted by Crippen LogP contribution is -2.45. The van der Waals surface area contributed by atoms with Crippen LogP contribution in [0.25, 0.3) is 10.9 Å². The molecule has 2 saturated heterocycles. The van der Waals surface area contributed by atoms with Crippen LogP contribution in [0.1, 0.15) is 61.9 Å². The van der Waals surface area contributed by atoms with Gasteiger partial charge in [0.15, 0.2) is 5.69 Å². The molecule has 1 aromatic carbocycles. The molecule has 1 amide bonds. The number of nitrogens with one attached hydrogen (secondary N) is 1. The van der Waals surface area contributed by atoms with Crippen molar-refractivity contribution in [2.24, 2.45) is 7.05 Å². The minimum Gasteiger partial charge on any atom is -0.371 e. The fourth-order valence-electron chi connectivity index (χ4n) is 5.04. The van der Waals surface area contributed by atoms with E-state index in [1.807, 2.05) is 11.7 Å². The lowest BCUT2D eigenvalue weighted by molar-refractivity contribution is 0.0905. The largest absolute Gasteiger partial charge is 0.371 e. The molecule has 156 valence electrons. The van der Waals surface area contributed by atoms with Crippen molar-refractivity contribution in [3.05, 3.63) is 23.9 Å². The number of aryl methyl sites for hydroxylation is 1. The van der Waals surface area contributed by atoms with Gasteiger partial charge in [0.1, 0.15) is 0 Å². The first-order chi connectivity index (χ1) is 14.2. The lowest BCUT2D eigenvalue weighted by Gasteiger charge is -2.32. The van der Waals surface area contributed by atoms with E-state index in [0.29, 0.717) is 5.69 Å². The van der Waals surface area contributed by atoms with Crippen molar-refractivity contribution in [3.8, 4) is 0 Å². The fourth-order valence-corrected chi connectivity index (χ4v) is 5.04. The zero-order valence-electron chi connectivity index (χ0n) is 17.6. The first-order valence-corrected chi connectivity index (χ1v) is 11.5. The van der Waals surface area contributed by atoms with Gasteiger partial charge in [-0.1, -0.05) is 12.8 Å². The highest BCUT2D eigenvalue weighted by molar-refractivity contribution is 6.05. The Kier molecular flexibility index (Phi) is 5.20. The molecular formula is C23H33N5O. The van der Waals surface area contributed by atoms with Crippen LogP contribution >= 0.6 is 0 Å². The summed E-state index contributed by atoms with van der Waals surface area (Å²) in [4.78, 5) is 18.1. The van der Waals surface area contributed by atoms with Gasteiger partial charge < -0.3 is 15.1 Å². The predicted octanol–water partition coefficient (Wildman–Crippen LogP) is 3.31. The standard InChI is InChI=1S/C23H33N5O/c1-26-21-16-19(27-12-4-2-3-5-13-27)8-9-20(21)22(25-26)23(29)24-17-10-14-28(15-11-17)18-6-7-18/h8-9,16-18H,2-7,10-15H2,1H3,(H,24,29). The number of benzene rings is 1. The number of aromatic nitrogens is 2. The molecule has 3 heterocycles. The highest BCUT2D eigenvalue weighted by atomic mass is 16.2. The van der Waals surface area contributed by atoms with E-state index in [-0.39, 0.29) is 11.9 Å². The summed E-state index contributed by atoms with van der Waals surface area (Å²) in [6.45, 7) is 4.46. The minimum absolute atomic E-state index is 0.0250. The first-order valence-electron chi connectivity index (χ1n) is 11.5. The number of anilines is 1. The van der Waals surface area contributed by atoms with E-state index in [1.54, 1.807) is 0 Å². The van der Waals surface area contributed by atoms with Crippen molar-refractivity contribution >= 4 is 22.5 Å². The number of carbonyl (C=O) groups excluding carboxylic acids is 1. The summed E-state index contributed by atoms with van der Waals surface area (Å²) in [7, 11) is 1.94. The normalized spacial score (nSPS) is 22.0. The number of amides is 1. The van der Waals surface area contributed by atoms with Gasteiger partial charge in [-0.05, 0) is 56.7 Å². The Balaban J connectivity index is 1.30. The third kappa shape index (κ3) is 4.00. The summed E-state index contributed by atoms with van der Waals surface area (Å²) in [6, 6.07) is 7.56. The van der Waals surface area contributed by atoms with Crippen molar-refractivity contribution < 1.29 is 4.79 Å². The average molecular weight is 396 g/mol. The Hall–Kier alpha value is -2.08. The van der Waals surface area contributed by atoms with Crippen LogP contribution in [0.15, 0.2) is 18.2 Å². The Bertz CT molecular complexity index is 871. The molecule has 3 aliphatic rings. The number of fused-ring (bicyclic) bond motifs is 1. The third-order valence-electron chi connectivity index (χ3n) is 6.95. The van der Waals surface area contributed by atoms with Gasteiger partial charge in [-0.25, -0.2) is 0 Å². The Morgan fingerprint density at radius 2 is 1.72 bits per heavy atom. The van der Waals surface area contributed by atoms with E-state index in [0.717, 1.165) is 56.0 Å². The van der Waals surface area contributed by atoms with Crippen LogP contribution in [-0.2, 0) is 7.05 Å². The van der Waals surface area contributed by atoms with Crippen molar-refractivity contribution in [3.63, 3.8) is 0 Å². The molecule has 29 heavy (non-hydrogen) atoms. The van der Waals surface area contributed by atoms with Crippen LogP contribution in [0.5, 0.6) is 0 Å².